The number of para-hydroxylation sites is 1. The molecule has 2 saturated heterocycles. The number of aryl methyl sites for hydroxylation is 1. The van der Waals surface area contributed by atoms with E-state index in [9.17, 15) is 13.2 Å². The maximum absolute atomic E-state index is 13.1. The number of thiophene rings is 1. The molecule has 1 atom stereocenters. The largest absolute Gasteiger partial charge is 0.368 e. The fraction of sp³-hybridized carbons (Fsp3) is 0.476. The summed E-state index contributed by atoms with van der Waals surface area (Å²) in [5.41, 5.74) is 1.18. The Bertz CT molecular complexity index is 951. The Balaban J connectivity index is 1.38. The molecular formula is C21H27N3O3S2. The first kappa shape index (κ1) is 20.4. The van der Waals surface area contributed by atoms with Crippen LogP contribution in [0.1, 0.15) is 17.7 Å². The zero-order chi connectivity index (χ0) is 20.4. The highest BCUT2D eigenvalue weighted by Crippen LogP contribution is 2.29. The van der Waals surface area contributed by atoms with Crippen LogP contribution in [-0.2, 0) is 14.8 Å². The van der Waals surface area contributed by atoms with Crippen LogP contribution in [0.5, 0.6) is 0 Å². The van der Waals surface area contributed by atoms with Crippen molar-refractivity contribution >= 4 is 33.0 Å². The molecule has 0 bridgehead atoms. The molecule has 3 heterocycles. The summed E-state index contributed by atoms with van der Waals surface area (Å²) < 4.78 is 27.8. The molecule has 8 heteroatoms. The van der Waals surface area contributed by atoms with Crippen molar-refractivity contribution in [3.8, 4) is 0 Å². The highest BCUT2D eigenvalue weighted by molar-refractivity contribution is 7.91. The van der Waals surface area contributed by atoms with Gasteiger partial charge in [-0.25, -0.2) is 8.42 Å². The topological polar surface area (TPSA) is 60.9 Å². The zero-order valence-corrected chi connectivity index (χ0v) is 18.3. The van der Waals surface area contributed by atoms with Crippen LogP contribution < -0.4 is 4.90 Å². The number of nitrogens with zero attached hydrogens (tertiary/aromatic N) is 3. The molecule has 0 saturated carbocycles. The molecule has 0 spiro atoms. The summed E-state index contributed by atoms with van der Waals surface area (Å²) in [6.07, 6.45) is 1.48. The van der Waals surface area contributed by atoms with Gasteiger partial charge in [0, 0.05) is 49.8 Å². The van der Waals surface area contributed by atoms with Gasteiger partial charge in [-0.3, -0.25) is 4.79 Å². The molecule has 1 aromatic heterocycles. The molecule has 0 radical (unpaired) electrons. The predicted molar refractivity (Wildman–Crippen MR) is 116 cm³/mol. The Morgan fingerprint density at radius 3 is 2.38 bits per heavy atom. The molecule has 6 nitrogen and oxygen atoms in total. The summed E-state index contributed by atoms with van der Waals surface area (Å²) >= 11 is 1.29. The lowest BCUT2D eigenvalue weighted by Gasteiger charge is -2.39. The van der Waals surface area contributed by atoms with Gasteiger partial charge >= 0.3 is 0 Å². The summed E-state index contributed by atoms with van der Waals surface area (Å²) in [7, 11) is -3.51. The number of hydrogen-bond donors (Lipinski definition) is 0. The van der Waals surface area contributed by atoms with E-state index in [0.29, 0.717) is 23.8 Å². The van der Waals surface area contributed by atoms with Crippen LogP contribution in [0.2, 0.25) is 0 Å². The Morgan fingerprint density at radius 2 is 1.72 bits per heavy atom. The van der Waals surface area contributed by atoms with Crippen molar-refractivity contribution in [1.82, 2.24) is 9.21 Å². The van der Waals surface area contributed by atoms with E-state index in [-0.39, 0.29) is 18.4 Å². The van der Waals surface area contributed by atoms with E-state index in [1.165, 1.54) is 21.3 Å². The van der Waals surface area contributed by atoms with E-state index in [0.717, 1.165) is 30.8 Å². The van der Waals surface area contributed by atoms with Crippen LogP contribution in [0.15, 0.2) is 46.7 Å². The first-order valence-corrected chi connectivity index (χ1v) is 12.4. The van der Waals surface area contributed by atoms with Crippen molar-refractivity contribution < 1.29 is 13.2 Å². The van der Waals surface area contributed by atoms with Gasteiger partial charge in [-0.05, 0) is 44.0 Å². The Hall–Kier alpha value is -1.90. The molecule has 2 fully saturated rings. The number of benzene rings is 1. The molecule has 2 aromatic rings. The Morgan fingerprint density at radius 1 is 1.00 bits per heavy atom. The van der Waals surface area contributed by atoms with Gasteiger partial charge < -0.3 is 9.80 Å². The number of amides is 1. The van der Waals surface area contributed by atoms with E-state index in [1.54, 1.807) is 6.07 Å². The van der Waals surface area contributed by atoms with Gasteiger partial charge in [0.15, 0.2) is 0 Å². The summed E-state index contributed by atoms with van der Waals surface area (Å²) in [4.78, 5) is 18.3. The lowest BCUT2D eigenvalue weighted by atomic mass is 9.97. The van der Waals surface area contributed by atoms with Gasteiger partial charge in [-0.1, -0.05) is 18.2 Å². The van der Waals surface area contributed by atoms with E-state index >= 15 is 0 Å². The number of rotatable bonds is 4. The number of sulfonamides is 1. The third-order valence-electron chi connectivity index (χ3n) is 5.76. The third-order valence-corrected chi connectivity index (χ3v) is 9.09. The smallest absolute Gasteiger partial charge is 0.252 e. The van der Waals surface area contributed by atoms with Crippen molar-refractivity contribution in [2.24, 2.45) is 5.92 Å². The van der Waals surface area contributed by atoms with Crippen LogP contribution in [0, 0.1) is 12.8 Å². The van der Waals surface area contributed by atoms with Crippen molar-refractivity contribution in [2.45, 2.75) is 24.0 Å². The molecule has 1 amide bonds. The number of hydrogen-bond acceptors (Lipinski definition) is 5. The molecule has 1 unspecified atom stereocenters. The maximum Gasteiger partial charge on any atom is 0.252 e. The van der Waals surface area contributed by atoms with Crippen LogP contribution in [0.3, 0.4) is 0 Å². The standard InChI is InChI=1S/C21H27N3O3S2/c1-17-9-10-20(28-17)29(26,27)24-11-5-6-18(16-24)21(25)23-14-12-22(13-15-23)19-7-3-2-4-8-19/h2-4,7-10,18H,5-6,11-16H2,1H3. The predicted octanol–water partition coefficient (Wildman–Crippen LogP) is 2.81. The van der Waals surface area contributed by atoms with Crippen molar-refractivity contribution in [1.29, 1.82) is 0 Å². The molecule has 156 valence electrons. The number of piperazine rings is 1. The Kier molecular flexibility index (Phi) is 5.94. The van der Waals surface area contributed by atoms with Crippen molar-refractivity contribution in [2.75, 3.05) is 44.2 Å². The van der Waals surface area contributed by atoms with Crippen LogP contribution in [-0.4, -0.2) is 62.8 Å². The summed E-state index contributed by atoms with van der Waals surface area (Å²) in [5, 5.41) is 0. The third kappa shape index (κ3) is 4.34. The molecule has 0 aliphatic carbocycles. The molecule has 1 aromatic carbocycles. The minimum atomic E-state index is -3.51. The first-order valence-electron chi connectivity index (χ1n) is 10.1. The van der Waals surface area contributed by atoms with Gasteiger partial charge in [0.1, 0.15) is 4.21 Å². The molecule has 29 heavy (non-hydrogen) atoms. The van der Waals surface area contributed by atoms with E-state index in [2.05, 4.69) is 17.0 Å². The van der Waals surface area contributed by atoms with Crippen molar-refractivity contribution in [3.63, 3.8) is 0 Å². The van der Waals surface area contributed by atoms with Gasteiger partial charge in [0.25, 0.3) is 10.0 Å². The second-order valence-electron chi connectivity index (χ2n) is 7.72. The van der Waals surface area contributed by atoms with E-state index < -0.39 is 10.0 Å². The number of carbonyl (C=O) groups excluding carboxylic acids is 1. The number of carbonyl (C=O) groups is 1. The monoisotopic (exact) mass is 433 g/mol. The highest BCUT2D eigenvalue weighted by atomic mass is 32.2. The van der Waals surface area contributed by atoms with Gasteiger partial charge in [0.05, 0.1) is 5.92 Å². The molecular weight excluding hydrogens is 406 g/mol. The quantitative estimate of drug-likeness (QED) is 0.744. The average molecular weight is 434 g/mol. The highest BCUT2D eigenvalue weighted by Gasteiger charge is 2.36. The molecule has 2 aliphatic rings. The molecule has 4 rings (SSSR count). The van der Waals surface area contributed by atoms with Crippen LogP contribution in [0.25, 0.3) is 0 Å². The fourth-order valence-corrected chi connectivity index (χ4v) is 7.08. The first-order chi connectivity index (χ1) is 13.9. The van der Waals surface area contributed by atoms with Gasteiger partial charge in [0.2, 0.25) is 5.91 Å². The summed E-state index contributed by atoms with van der Waals surface area (Å²) in [6, 6.07) is 13.7. The fourth-order valence-electron chi connectivity index (χ4n) is 4.12. The minimum absolute atomic E-state index is 0.0972. The zero-order valence-electron chi connectivity index (χ0n) is 16.7. The lowest BCUT2D eigenvalue weighted by molar-refractivity contribution is -0.137. The maximum atomic E-state index is 13.1. The summed E-state index contributed by atoms with van der Waals surface area (Å²) in [6.45, 7) is 5.66. The van der Waals surface area contributed by atoms with E-state index in [4.69, 9.17) is 0 Å². The normalized spacial score (nSPS) is 21.3. The van der Waals surface area contributed by atoms with Gasteiger partial charge in [-0.15, -0.1) is 11.3 Å². The molecule has 2 aliphatic heterocycles. The average Bonchev–Trinajstić information content (AvgIpc) is 3.21. The second-order valence-corrected chi connectivity index (χ2v) is 11.2. The van der Waals surface area contributed by atoms with Gasteiger partial charge in [-0.2, -0.15) is 4.31 Å². The minimum Gasteiger partial charge on any atom is -0.368 e. The Labute approximate surface area is 176 Å². The van der Waals surface area contributed by atoms with Crippen molar-refractivity contribution in [3.05, 3.63) is 47.3 Å². The SMILES string of the molecule is Cc1ccc(S(=O)(=O)N2CCCC(C(=O)N3CCN(c4ccccc4)CC3)C2)s1. The van der Waals surface area contributed by atoms with Crippen LogP contribution in [0.4, 0.5) is 5.69 Å². The second kappa shape index (κ2) is 8.45. The number of piperidine rings is 1. The number of anilines is 1. The van der Waals surface area contributed by atoms with E-state index in [1.807, 2.05) is 36.1 Å². The lowest BCUT2D eigenvalue weighted by Crippen LogP contribution is -2.53. The molecule has 0 N–H and O–H groups in total. The summed E-state index contributed by atoms with van der Waals surface area (Å²) in [5.74, 6) is -0.150. The van der Waals surface area contributed by atoms with Crippen LogP contribution >= 0.6 is 11.3 Å².